The van der Waals surface area contributed by atoms with Gasteiger partial charge in [-0.2, -0.15) is 0 Å². The van der Waals surface area contributed by atoms with Crippen molar-refractivity contribution in [2.45, 2.75) is 18.7 Å². The lowest BCUT2D eigenvalue weighted by Crippen LogP contribution is -2.32. The van der Waals surface area contributed by atoms with Gasteiger partial charge in [0.15, 0.2) is 0 Å². The molecule has 2 rings (SSSR count). The number of nitrogens with one attached hydrogen (secondary N) is 1. The number of ether oxygens (including phenoxy) is 1. The van der Waals surface area contributed by atoms with Crippen molar-refractivity contribution in [3.8, 4) is 5.75 Å². The molecule has 0 aliphatic rings. The second-order valence-corrected chi connectivity index (χ2v) is 8.61. The molecule has 0 bridgehead atoms. The van der Waals surface area contributed by atoms with Gasteiger partial charge in [-0.1, -0.05) is 0 Å². The highest BCUT2D eigenvalue weighted by molar-refractivity contribution is 7.92. The molecule has 0 amide bonds. The van der Waals surface area contributed by atoms with Crippen LogP contribution in [-0.4, -0.2) is 64.7 Å². The van der Waals surface area contributed by atoms with Crippen molar-refractivity contribution in [3.05, 3.63) is 48.0 Å². The predicted octanol–water partition coefficient (Wildman–Crippen LogP) is 2.97. The smallest absolute Gasteiger partial charge is 0.335 e. The molecule has 0 heterocycles. The van der Waals surface area contributed by atoms with Crippen molar-refractivity contribution >= 4 is 27.4 Å². The van der Waals surface area contributed by atoms with Crippen LogP contribution in [0.4, 0.5) is 11.4 Å². The maximum Gasteiger partial charge on any atom is 0.335 e. The fourth-order valence-electron chi connectivity index (χ4n) is 2.88. The summed E-state index contributed by atoms with van der Waals surface area (Å²) in [5.41, 5.74) is 0.857. The van der Waals surface area contributed by atoms with Gasteiger partial charge in [-0.3, -0.25) is 4.72 Å². The molecule has 0 radical (unpaired) electrons. The predicted molar refractivity (Wildman–Crippen MR) is 118 cm³/mol. The van der Waals surface area contributed by atoms with Crippen LogP contribution < -0.4 is 14.4 Å². The van der Waals surface area contributed by atoms with Gasteiger partial charge in [0.1, 0.15) is 5.75 Å². The van der Waals surface area contributed by atoms with Gasteiger partial charge in [-0.15, -0.1) is 0 Å². The molecular weight excluding hydrogens is 406 g/mol. The molecule has 0 saturated heterocycles. The van der Waals surface area contributed by atoms with Gasteiger partial charge >= 0.3 is 5.97 Å². The van der Waals surface area contributed by atoms with E-state index in [2.05, 4.69) is 4.72 Å². The fraction of sp³-hybridized carbons (Fsp3) is 0.381. The Bertz CT molecular complexity index is 959. The molecule has 0 aliphatic heterocycles. The van der Waals surface area contributed by atoms with Crippen molar-refractivity contribution in [2.24, 2.45) is 0 Å². The van der Waals surface area contributed by atoms with Crippen molar-refractivity contribution in [2.75, 3.05) is 50.0 Å². The molecule has 2 aromatic carbocycles. The maximum absolute atomic E-state index is 13.0. The monoisotopic (exact) mass is 435 g/mol. The molecule has 0 fully saturated rings. The molecule has 30 heavy (non-hydrogen) atoms. The minimum Gasteiger partial charge on any atom is -0.494 e. The molecule has 0 saturated carbocycles. The lowest BCUT2D eigenvalue weighted by molar-refractivity contribution is 0.0697. The summed E-state index contributed by atoms with van der Waals surface area (Å²) >= 11 is 0. The Morgan fingerprint density at radius 1 is 1.07 bits per heavy atom. The Labute approximate surface area is 178 Å². The number of carboxylic acid groups (broad SMARTS) is 1. The number of nitrogens with zero attached hydrogens (tertiary/aromatic N) is 2. The number of hydrogen-bond acceptors (Lipinski definition) is 6. The average Bonchev–Trinajstić information content (AvgIpc) is 2.69. The summed E-state index contributed by atoms with van der Waals surface area (Å²) in [6.07, 6.45) is 0. The van der Waals surface area contributed by atoms with E-state index in [4.69, 9.17) is 4.74 Å². The Morgan fingerprint density at radius 3 is 2.27 bits per heavy atom. The Balaban J connectivity index is 2.41. The highest BCUT2D eigenvalue weighted by Gasteiger charge is 2.20. The van der Waals surface area contributed by atoms with E-state index in [0.29, 0.717) is 31.1 Å². The number of hydrogen-bond donors (Lipinski definition) is 2. The summed E-state index contributed by atoms with van der Waals surface area (Å²) in [4.78, 5) is 15.5. The third-order valence-electron chi connectivity index (χ3n) is 4.47. The molecule has 2 aromatic rings. The van der Waals surface area contributed by atoms with E-state index in [9.17, 15) is 18.3 Å². The third-order valence-corrected chi connectivity index (χ3v) is 5.85. The molecule has 9 heteroatoms. The minimum atomic E-state index is -3.92. The number of carboxylic acids is 1. The first-order valence-electron chi connectivity index (χ1n) is 9.70. The Hall–Kier alpha value is -2.78. The van der Waals surface area contributed by atoms with E-state index >= 15 is 0 Å². The van der Waals surface area contributed by atoms with Gasteiger partial charge < -0.3 is 19.6 Å². The molecule has 0 unspecified atom stereocenters. The van der Waals surface area contributed by atoms with Crippen LogP contribution in [0.3, 0.4) is 0 Å². The van der Waals surface area contributed by atoms with Gasteiger partial charge in [-0.25, -0.2) is 13.2 Å². The highest BCUT2D eigenvalue weighted by Crippen LogP contribution is 2.30. The van der Waals surface area contributed by atoms with E-state index in [1.807, 2.05) is 37.7 Å². The Morgan fingerprint density at radius 2 is 1.73 bits per heavy atom. The van der Waals surface area contributed by atoms with Crippen molar-refractivity contribution < 1.29 is 23.1 Å². The van der Waals surface area contributed by atoms with Gasteiger partial charge in [0.2, 0.25) is 0 Å². The average molecular weight is 436 g/mol. The second-order valence-electron chi connectivity index (χ2n) is 6.93. The molecule has 0 atom stereocenters. The minimum absolute atomic E-state index is 0.00630. The molecule has 0 aliphatic carbocycles. The largest absolute Gasteiger partial charge is 0.494 e. The highest BCUT2D eigenvalue weighted by atomic mass is 32.2. The van der Waals surface area contributed by atoms with Crippen LogP contribution in [0.25, 0.3) is 0 Å². The number of sulfonamides is 1. The molecule has 164 valence electrons. The summed E-state index contributed by atoms with van der Waals surface area (Å²) in [6, 6.07) is 10.5. The van der Waals surface area contributed by atoms with Crippen molar-refractivity contribution in [1.82, 2.24) is 4.90 Å². The van der Waals surface area contributed by atoms with E-state index < -0.39 is 16.0 Å². The van der Waals surface area contributed by atoms with Crippen LogP contribution in [0.15, 0.2) is 47.4 Å². The number of carbonyl (C=O) groups is 1. The van der Waals surface area contributed by atoms with E-state index in [0.717, 1.165) is 6.54 Å². The normalized spacial score (nSPS) is 11.4. The van der Waals surface area contributed by atoms with Gasteiger partial charge in [0.25, 0.3) is 10.0 Å². The van der Waals surface area contributed by atoms with Crippen LogP contribution >= 0.6 is 0 Å². The van der Waals surface area contributed by atoms with Crippen LogP contribution in [0, 0.1) is 0 Å². The zero-order valence-electron chi connectivity index (χ0n) is 17.8. The van der Waals surface area contributed by atoms with E-state index in [1.54, 1.807) is 18.2 Å². The standard InChI is InChI=1S/C21H29N3O5S/c1-5-24(14-13-23(3)4)20-12-7-16(21(25)26)15-19(20)22-30(27,28)18-10-8-17(9-11-18)29-6-2/h7-12,15,22H,5-6,13-14H2,1-4H3,(H,25,26). The first-order valence-corrected chi connectivity index (χ1v) is 11.2. The first kappa shape index (κ1) is 23.5. The lowest BCUT2D eigenvalue weighted by atomic mass is 10.1. The second kappa shape index (κ2) is 10.3. The van der Waals surface area contributed by atoms with Crippen LogP contribution in [0.2, 0.25) is 0 Å². The number of anilines is 2. The number of aromatic carboxylic acids is 1. The lowest BCUT2D eigenvalue weighted by Gasteiger charge is -2.27. The van der Waals surface area contributed by atoms with E-state index in [1.165, 1.54) is 24.3 Å². The van der Waals surface area contributed by atoms with Crippen LogP contribution in [0.5, 0.6) is 5.75 Å². The van der Waals surface area contributed by atoms with Crippen LogP contribution in [-0.2, 0) is 10.0 Å². The summed E-state index contributed by atoms with van der Waals surface area (Å²) in [5, 5.41) is 9.36. The van der Waals surface area contributed by atoms with Crippen molar-refractivity contribution in [3.63, 3.8) is 0 Å². The first-order chi connectivity index (χ1) is 14.2. The zero-order chi connectivity index (χ0) is 22.3. The molecular formula is C21H29N3O5S. The fourth-order valence-corrected chi connectivity index (χ4v) is 3.95. The topological polar surface area (TPSA) is 99.2 Å². The number of rotatable bonds is 11. The Kier molecular flexibility index (Phi) is 8.08. The van der Waals surface area contributed by atoms with Gasteiger partial charge in [0.05, 0.1) is 28.4 Å². The SMILES string of the molecule is CCOc1ccc(S(=O)(=O)Nc2cc(C(=O)O)ccc2N(CC)CCN(C)C)cc1. The molecule has 0 spiro atoms. The molecule has 2 N–H and O–H groups in total. The summed E-state index contributed by atoms with van der Waals surface area (Å²) in [6.45, 7) is 6.35. The van der Waals surface area contributed by atoms with Gasteiger partial charge in [-0.05, 0) is 70.4 Å². The quantitative estimate of drug-likeness (QED) is 0.560. The molecule has 0 aromatic heterocycles. The van der Waals surface area contributed by atoms with Gasteiger partial charge in [0, 0.05) is 19.6 Å². The number of likely N-dealkylation sites (N-methyl/N-ethyl adjacent to an activating group) is 2. The van der Waals surface area contributed by atoms with Crippen molar-refractivity contribution in [1.29, 1.82) is 0 Å². The summed E-state index contributed by atoms with van der Waals surface area (Å²) in [5.74, 6) is -0.551. The third kappa shape index (κ3) is 6.11. The van der Waals surface area contributed by atoms with E-state index in [-0.39, 0.29) is 16.1 Å². The molecule has 8 nitrogen and oxygen atoms in total. The summed E-state index contributed by atoms with van der Waals surface area (Å²) < 4.78 is 33.8. The number of benzene rings is 2. The summed E-state index contributed by atoms with van der Waals surface area (Å²) in [7, 11) is -0.00806. The maximum atomic E-state index is 13.0. The van der Waals surface area contributed by atoms with Crippen LogP contribution in [0.1, 0.15) is 24.2 Å². The zero-order valence-corrected chi connectivity index (χ0v) is 18.6.